The van der Waals surface area contributed by atoms with Crippen LogP contribution in [0.3, 0.4) is 0 Å². The van der Waals surface area contributed by atoms with Crippen LogP contribution in [0.5, 0.6) is 0 Å². The molecule has 0 saturated carbocycles. The lowest BCUT2D eigenvalue weighted by molar-refractivity contribution is -0.133. The maximum atomic E-state index is 13.9. The second kappa shape index (κ2) is 13.9. The van der Waals surface area contributed by atoms with E-state index in [0.29, 0.717) is 70.5 Å². The molecule has 4 N–H and O–H groups in total. The summed E-state index contributed by atoms with van der Waals surface area (Å²) >= 11 is 0. The number of carboxylic acids is 2. The molecule has 4 aromatic rings. The number of carboxylic acid groups (broad SMARTS) is 2. The van der Waals surface area contributed by atoms with E-state index in [2.05, 4.69) is 10.6 Å². The maximum absolute atomic E-state index is 13.9. The van der Waals surface area contributed by atoms with E-state index >= 15 is 0 Å². The van der Waals surface area contributed by atoms with Crippen LogP contribution in [0.25, 0.3) is 0 Å². The van der Waals surface area contributed by atoms with Gasteiger partial charge in [0.05, 0.1) is 22.5 Å². The molecule has 0 atom stereocenters. The fraction of sp³-hybridized carbons (Fsp3) is 0.158. The molecule has 0 radical (unpaired) electrons. The number of aliphatic carboxylic acids is 2. The highest BCUT2D eigenvalue weighted by molar-refractivity contribution is 6.32. The normalized spacial score (nSPS) is 12.7. The fourth-order valence-corrected chi connectivity index (χ4v) is 5.34. The first-order chi connectivity index (χ1) is 22.1. The third-order valence-corrected chi connectivity index (χ3v) is 7.98. The van der Waals surface area contributed by atoms with Crippen LogP contribution in [-0.4, -0.2) is 33.7 Å². The smallest absolute Gasteiger partial charge is 0.330 e. The summed E-state index contributed by atoms with van der Waals surface area (Å²) in [6, 6.07) is 25.8. The molecular formula is C38H34N2O6. The number of aryl methyl sites for hydroxylation is 2. The van der Waals surface area contributed by atoms with Gasteiger partial charge < -0.3 is 20.8 Å². The fourth-order valence-electron chi connectivity index (χ4n) is 5.34. The predicted molar refractivity (Wildman–Crippen MR) is 179 cm³/mol. The van der Waals surface area contributed by atoms with Gasteiger partial charge in [0, 0.05) is 33.6 Å². The molecule has 46 heavy (non-hydrogen) atoms. The summed E-state index contributed by atoms with van der Waals surface area (Å²) in [6.07, 6.45) is 5.99. The SMILES string of the molecule is CC(=CCCc1ccc(Nc2ccc(Nc3ccc(CCC=C(C)C(=O)O)cc3)c3c2C(=O)c2ccccc2C3=O)cc1)C(=O)O. The lowest BCUT2D eigenvalue weighted by atomic mass is 9.82. The number of nitrogens with one attached hydrogen (secondary N) is 2. The summed E-state index contributed by atoms with van der Waals surface area (Å²) in [6.45, 7) is 3.15. The monoisotopic (exact) mass is 614 g/mol. The van der Waals surface area contributed by atoms with Gasteiger partial charge in [-0.05, 0) is 87.1 Å². The maximum Gasteiger partial charge on any atom is 0.330 e. The van der Waals surface area contributed by atoms with Crippen molar-refractivity contribution in [3.63, 3.8) is 0 Å². The van der Waals surface area contributed by atoms with E-state index in [1.807, 2.05) is 48.5 Å². The Morgan fingerprint density at radius 3 is 1.30 bits per heavy atom. The Balaban J connectivity index is 1.40. The standard InChI is InChI=1S/C38H34N2O6/c1-23(37(43)44)7-5-9-25-13-17-27(18-14-25)39-31-21-22-32(34-33(31)35(41)29-11-3-4-12-30(29)36(34)42)40-28-19-15-26(16-20-28)10-6-8-24(2)38(45)46/h3-4,7-8,11-22,39-40H,5-6,9-10H2,1-2H3,(H,43,44)(H,45,46). The number of hydrogen-bond donors (Lipinski definition) is 4. The molecule has 0 bridgehead atoms. The van der Waals surface area contributed by atoms with Crippen LogP contribution in [-0.2, 0) is 22.4 Å². The van der Waals surface area contributed by atoms with E-state index < -0.39 is 11.9 Å². The molecule has 8 heteroatoms. The number of benzene rings is 4. The quantitative estimate of drug-likeness (QED) is 0.104. The van der Waals surface area contributed by atoms with Crippen molar-refractivity contribution in [2.24, 2.45) is 0 Å². The zero-order valence-corrected chi connectivity index (χ0v) is 25.6. The Hall–Kier alpha value is -5.76. The molecule has 232 valence electrons. The van der Waals surface area contributed by atoms with Gasteiger partial charge in [0.25, 0.3) is 0 Å². The van der Waals surface area contributed by atoms with E-state index in [0.717, 1.165) is 22.5 Å². The number of carbonyl (C=O) groups is 4. The van der Waals surface area contributed by atoms with Gasteiger partial charge in [-0.15, -0.1) is 0 Å². The molecule has 0 spiro atoms. The van der Waals surface area contributed by atoms with Crippen LogP contribution >= 0.6 is 0 Å². The van der Waals surface area contributed by atoms with E-state index in [1.54, 1.807) is 62.4 Å². The summed E-state index contributed by atoms with van der Waals surface area (Å²) in [7, 11) is 0. The second-order valence-electron chi connectivity index (χ2n) is 11.2. The average molecular weight is 615 g/mol. The first-order valence-electron chi connectivity index (χ1n) is 15.0. The highest BCUT2D eigenvalue weighted by Gasteiger charge is 2.34. The summed E-state index contributed by atoms with van der Waals surface area (Å²) < 4.78 is 0. The Morgan fingerprint density at radius 1 is 0.587 bits per heavy atom. The van der Waals surface area contributed by atoms with Crippen molar-refractivity contribution in [2.45, 2.75) is 39.5 Å². The molecule has 5 rings (SSSR count). The zero-order valence-electron chi connectivity index (χ0n) is 25.6. The zero-order chi connectivity index (χ0) is 32.8. The van der Waals surface area contributed by atoms with E-state index in [-0.39, 0.29) is 11.6 Å². The van der Waals surface area contributed by atoms with Crippen molar-refractivity contribution < 1.29 is 29.4 Å². The number of rotatable bonds is 12. The van der Waals surface area contributed by atoms with Gasteiger partial charge in [-0.25, -0.2) is 9.59 Å². The molecule has 4 aromatic carbocycles. The highest BCUT2D eigenvalue weighted by atomic mass is 16.4. The molecule has 0 amide bonds. The molecular weight excluding hydrogens is 580 g/mol. The van der Waals surface area contributed by atoms with E-state index in [9.17, 15) is 19.2 Å². The average Bonchev–Trinajstić information content (AvgIpc) is 3.05. The van der Waals surface area contributed by atoms with Gasteiger partial charge in [0.15, 0.2) is 11.6 Å². The summed E-state index contributed by atoms with van der Waals surface area (Å²) in [5.74, 6) is -2.33. The Morgan fingerprint density at radius 2 is 0.957 bits per heavy atom. The Kier molecular flexibility index (Phi) is 9.57. The van der Waals surface area contributed by atoms with Gasteiger partial charge in [-0.1, -0.05) is 60.7 Å². The van der Waals surface area contributed by atoms with Gasteiger partial charge in [-0.3, -0.25) is 9.59 Å². The van der Waals surface area contributed by atoms with Crippen molar-refractivity contribution in [3.05, 3.63) is 142 Å². The predicted octanol–water partition coefficient (Wildman–Crippen LogP) is 7.88. The van der Waals surface area contributed by atoms with Crippen LogP contribution in [0.4, 0.5) is 22.7 Å². The summed E-state index contributed by atoms with van der Waals surface area (Å²) in [5, 5.41) is 24.7. The van der Waals surface area contributed by atoms with Crippen LogP contribution in [0.2, 0.25) is 0 Å². The van der Waals surface area contributed by atoms with Crippen LogP contribution in [0.15, 0.2) is 108 Å². The summed E-state index contributed by atoms with van der Waals surface area (Å²) in [5.41, 5.74) is 6.54. The molecule has 0 aromatic heterocycles. The van der Waals surface area contributed by atoms with Crippen LogP contribution in [0.1, 0.15) is 69.7 Å². The number of carbonyl (C=O) groups excluding carboxylic acids is 2. The van der Waals surface area contributed by atoms with Gasteiger partial charge in [0.2, 0.25) is 0 Å². The number of anilines is 4. The van der Waals surface area contributed by atoms with Crippen molar-refractivity contribution in [1.82, 2.24) is 0 Å². The van der Waals surface area contributed by atoms with Crippen molar-refractivity contribution in [1.29, 1.82) is 0 Å². The summed E-state index contributed by atoms with van der Waals surface area (Å²) in [4.78, 5) is 49.8. The third kappa shape index (κ3) is 7.13. The minimum atomic E-state index is -0.924. The third-order valence-electron chi connectivity index (χ3n) is 7.98. The molecule has 0 heterocycles. The van der Waals surface area contributed by atoms with Crippen LogP contribution in [0, 0.1) is 0 Å². The van der Waals surface area contributed by atoms with Crippen molar-refractivity contribution in [3.8, 4) is 0 Å². The lowest BCUT2D eigenvalue weighted by Crippen LogP contribution is -2.23. The molecule has 0 fully saturated rings. The van der Waals surface area contributed by atoms with E-state index in [1.165, 1.54) is 0 Å². The minimum absolute atomic E-state index is 0.242. The first-order valence-corrected chi connectivity index (χ1v) is 15.0. The van der Waals surface area contributed by atoms with Crippen LogP contribution < -0.4 is 10.6 Å². The van der Waals surface area contributed by atoms with E-state index in [4.69, 9.17) is 10.2 Å². The first kappa shape index (κ1) is 31.7. The number of allylic oxidation sites excluding steroid dienone is 2. The van der Waals surface area contributed by atoms with Crippen molar-refractivity contribution in [2.75, 3.05) is 10.6 Å². The van der Waals surface area contributed by atoms with Gasteiger partial charge in [-0.2, -0.15) is 0 Å². The second-order valence-corrected chi connectivity index (χ2v) is 11.2. The topological polar surface area (TPSA) is 133 Å². The van der Waals surface area contributed by atoms with Gasteiger partial charge >= 0.3 is 11.9 Å². The highest BCUT2D eigenvalue weighted by Crippen LogP contribution is 2.38. The molecule has 0 saturated heterocycles. The number of hydrogen-bond acceptors (Lipinski definition) is 6. The van der Waals surface area contributed by atoms with Gasteiger partial charge in [0.1, 0.15) is 0 Å². The number of fused-ring (bicyclic) bond motifs is 2. The Bertz CT molecular complexity index is 1750. The molecule has 8 nitrogen and oxygen atoms in total. The van der Waals surface area contributed by atoms with Crippen molar-refractivity contribution >= 4 is 46.3 Å². The number of ketones is 2. The lowest BCUT2D eigenvalue weighted by Gasteiger charge is -2.24. The largest absolute Gasteiger partial charge is 0.478 e. The molecule has 0 unspecified atom stereocenters. The minimum Gasteiger partial charge on any atom is -0.478 e. The molecule has 1 aliphatic carbocycles. The molecule has 1 aliphatic rings. The Labute approximate surface area is 267 Å². The molecule has 0 aliphatic heterocycles.